The maximum Gasteiger partial charge on any atom is 0.316 e. The van der Waals surface area contributed by atoms with E-state index >= 15 is 0 Å². The van der Waals surface area contributed by atoms with Crippen LogP contribution in [0.4, 0.5) is 0 Å². The number of hydrogen-bond acceptors (Lipinski definition) is 10. The van der Waals surface area contributed by atoms with Gasteiger partial charge in [-0.05, 0) is 46.5 Å². The molecule has 2 aliphatic carbocycles. The van der Waals surface area contributed by atoms with Gasteiger partial charge in [-0.2, -0.15) is 10.5 Å². The Balaban J connectivity index is 0.000000203. The number of thiazole rings is 2. The van der Waals surface area contributed by atoms with E-state index in [9.17, 15) is 24.9 Å². The zero-order chi connectivity index (χ0) is 25.6. The van der Waals surface area contributed by atoms with Gasteiger partial charge in [-0.3, -0.25) is 14.4 Å². The van der Waals surface area contributed by atoms with E-state index in [2.05, 4.69) is 22.1 Å². The average Bonchev–Trinajstić information content (AvgIpc) is 3.50. The van der Waals surface area contributed by atoms with E-state index in [1.165, 1.54) is 22.7 Å². The number of esters is 1. The van der Waals surface area contributed by atoms with Gasteiger partial charge in [0.25, 0.3) is 0 Å². The maximum absolute atomic E-state index is 11.9. The van der Waals surface area contributed by atoms with Crippen LogP contribution in [0.2, 0.25) is 0 Å². The molecule has 4 rings (SSSR count). The number of nitrogens with zero attached hydrogens (tertiary/aromatic N) is 4. The van der Waals surface area contributed by atoms with Gasteiger partial charge in [0.05, 0.1) is 18.7 Å². The third-order valence-electron chi connectivity index (χ3n) is 6.46. The predicted octanol–water partition coefficient (Wildman–Crippen LogP) is 4.50. The second kappa shape index (κ2) is 11.2. The highest BCUT2D eigenvalue weighted by Crippen LogP contribution is 2.42. The molecular weight excluding hydrogens is 484 g/mol. The van der Waals surface area contributed by atoms with Crippen LogP contribution in [-0.4, -0.2) is 34.1 Å². The first kappa shape index (κ1) is 26.7. The van der Waals surface area contributed by atoms with Crippen LogP contribution in [-0.2, 0) is 30.0 Å². The number of nitriles is 2. The van der Waals surface area contributed by atoms with Gasteiger partial charge in [0, 0.05) is 41.4 Å². The minimum atomic E-state index is -0.843. The van der Waals surface area contributed by atoms with Gasteiger partial charge in [-0.25, -0.2) is 9.97 Å². The van der Waals surface area contributed by atoms with Crippen molar-refractivity contribution in [1.82, 2.24) is 9.97 Å². The van der Waals surface area contributed by atoms with Gasteiger partial charge < -0.3 is 4.74 Å². The minimum absolute atomic E-state index is 0.136. The van der Waals surface area contributed by atoms with Crippen LogP contribution in [0.3, 0.4) is 0 Å². The molecule has 2 aromatic heterocycles. The van der Waals surface area contributed by atoms with Gasteiger partial charge in [-0.15, -0.1) is 22.7 Å². The number of rotatable bonds is 4. The molecule has 35 heavy (non-hydrogen) atoms. The third-order valence-corrected chi connectivity index (χ3v) is 8.79. The molecule has 2 unspecified atom stereocenters. The number of aromatic nitrogens is 2. The second-order valence-electron chi connectivity index (χ2n) is 8.99. The van der Waals surface area contributed by atoms with Crippen LogP contribution in [0.15, 0.2) is 10.8 Å². The van der Waals surface area contributed by atoms with Crippen LogP contribution >= 0.6 is 22.7 Å². The molecule has 0 saturated heterocycles. The molecular formula is C25H28N4O4S2. The van der Waals surface area contributed by atoms with Crippen molar-refractivity contribution < 1.29 is 19.1 Å². The van der Waals surface area contributed by atoms with Crippen molar-refractivity contribution >= 4 is 40.2 Å². The number of ketones is 2. The Kier molecular flexibility index (Phi) is 8.52. The van der Waals surface area contributed by atoms with Crippen LogP contribution in [0.25, 0.3) is 0 Å². The molecule has 2 heterocycles. The number of aryl methyl sites for hydroxylation is 2. The summed E-state index contributed by atoms with van der Waals surface area (Å²) >= 11 is 2.95. The van der Waals surface area contributed by atoms with Gasteiger partial charge >= 0.3 is 5.97 Å². The highest BCUT2D eigenvalue weighted by molar-refractivity contribution is 7.10. The van der Waals surface area contributed by atoms with Crippen LogP contribution in [0, 0.1) is 42.4 Å². The average molecular weight is 513 g/mol. The molecule has 2 atom stereocenters. The number of hydrogen-bond donors (Lipinski definition) is 0. The summed E-state index contributed by atoms with van der Waals surface area (Å²) in [5.74, 6) is -1.23. The lowest BCUT2D eigenvalue weighted by Crippen LogP contribution is -2.40. The fourth-order valence-corrected chi connectivity index (χ4v) is 6.35. The van der Waals surface area contributed by atoms with Crippen molar-refractivity contribution in [2.24, 2.45) is 5.92 Å². The topological polar surface area (TPSA) is 134 Å². The monoisotopic (exact) mass is 512 g/mol. The lowest BCUT2D eigenvalue weighted by atomic mass is 9.70. The summed E-state index contributed by atoms with van der Waals surface area (Å²) in [5, 5.41) is 24.3. The van der Waals surface area contributed by atoms with E-state index in [0.717, 1.165) is 16.4 Å². The summed E-state index contributed by atoms with van der Waals surface area (Å²) < 4.78 is 4.94. The molecule has 0 aliphatic heterocycles. The van der Waals surface area contributed by atoms with Crippen molar-refractivity contribution in [3.05, 3.63) is 32.2 Å². The summed E-state index contributed by atoms with van der Waals surface area (Å²) in [6, 6.07) is 4.65. The molecule has 0 amide bonds. The van der Waals surface area contributed by atoms with Crippen LogP contribution in [0.1, 0.15) is 73.3 Å². The Bertz CT molecular complexity index is 1180. The molecule has 0 radical (unpaired) electrons. The second-order valence-corrected chi connectivity index (χ2v) is 10.7. The van der Waals surface area contributed by atoms with E-state index in [4.69, 9.17) is 4.74 Å². The third kappa shape index (κ3) is 5.83. The standard InChI is InChI=1S/C14H16N2O3S.C11H12N2OS/c1-3-19-12(18)10-6-14(8-15,5-4-11(10)17)13-16-9(2)7-20-13;1-8-6-15-10(13-8)11(7-12)4-2-9(14)3-5-11/h7,10H,3-6H2,1-2H3;6H,2-5H2,1H3. The zero-order valence-corrected chi connectivity index (χ0v) is 21.8. The smallest absolute Gasteiger partial charge is 0.316 e. The fourth-order valence-electron chi connectivity index (χ4n) is 4.35. The summed E-state index contributed by atoms with van der Waals surface area (Å²) in [5.41, 5.74) is 0.475. The SMILES string of the molecule is CCOC(=O)C1CC(C#N)(c2nc(C)cs2)CCC1=O.Cc1csc(C2(C#N)CCC(=O)CC2)n1. The molecule has 2 fully saturated rings. The fraction of sp³-hybridized carbons (Fsp3) is 0.560. The molecule has 10 heteroatoms. The summed E-state index contributed by atoms with van der Waals surface area (Å²) in [6.45, 7) is 5.73. The van der Waals surface area contributed by atoms with Crippen LogP contribution in [0.5, 0.6) is 0 Å². The van der Waals surface area contributed by atoms with Gasteiger partial charge in [0.2, 0.25) is 0 Å². The first-order chi connectivity index (χ1) is 16.7. The Morgan fingerprint density at radius 1 is 1.00 bits per heavy atom. The summed E-state index contributed by atoms with van der Waals surface area (Å²) in [7, 11) is 0. The number of carbonyl (C=O) groups excluding carboxylic acids is 3. The van der Waals surface area contributed by atoms with Crippen molar-refractivity contribution in [2.45, 2.75) is 76.5 Å². The highest BCUT2D eigenvalue weighted by atomic mass is 32.1. The number of ether oxygens (including phenoxy) is 1. The lowest BCUT2D eigenvalue weighted by Gasteiger charge is -2.32. The highest BCUT2D eigenvalue weighted by Gasteiger charge is 2.47. The Hall–Kier alpha value is -2.95. The molecule has 2 aliphatic rings. The van der Waals surface area contributed by atoms with Gasteiger partial charge in [-0.1, -0.05) is 0 Å². The van der Waals surface area contributed by atoms with Crippen molar-refractivity contribution in [2.75, 3.05) is 6.61 Å². The minimum Gasteiger partial charge on any atom is -0.465 e. The number of Topliss-reactive ketones (excluding diaryl/α,β-unsaturated/α-hetero) is 2. The summed E-state index contributed by atoms with van der Waals surface area (Å²) in [4.78, 5) is 43.7. The van der Waals surface area contributed by atoms with E-state index in [1.807, 2.05) is 24.6 Å². The summed E-state index contributed by atoms with van der Waals surface area (Å²) in [6.07, 6.45) is 3.12. The molecule has 0 bridgehead atoms. The normalized spacial score (nSPS) is 23.4. The van der Waals surface area contributed by atoms with E-state index < -0.39 is 22.7 Å². The lowest BCUT2D eigenvalue weighted by molar-refractivity contribution is -0.153. The molecule has 2 saturated carbocycles. The first-order valence-electron chi connectivity index (χ1n) is 11.6. The van der Waals surface area contributed by atoms with E-state index in [-0.39, 0.29) is 31.0 Å². The molecule has 184 valence electrons. The molecule has 8 nitrogen and oxygen atoms in total. The molecule has 0 N–H and O–H groups in total. The quantitative estimate of drug-likeness (QED) is 0.432. The Labute approximate surface area is 213 Å². The number of carbonyl (C=O) groups is 3. The van der Waals surface area contributed by atoms with Gasteiger partial charge in [0.15, 0.2) is 0 Å². The van der Waals surface area contributed by atoms with Crippen molar-refractivity contribution in [1.29, 1.82) is 10.5 Å². The predicted molar refractivity (Wildman–Crippen MR) is 131 cm³/mol. The van der Waals surface area contributed by atoms with Crippen LogP contribution < -0.4 is 0 Å². The largest absolute Gasteiger partial charge is 0.465 e. The zero-order valence-electron chi connectivity index (χ0n) is 20.1. The maximum atomic E-state index is 11.9. The van der Waals surface area contributed by atoms with Crippen molar-refractivity contribution in [3.8, 4) is 12.1 Å². The molecule has 2 aromatic rings. The van der Waals surface area contributed by atoms with E-state index in [1.54, 1.807) is 6.92 Å². The van der Waals surface area contributed by atoms with E-state index in [0.29, 0.717) is 37.1 Å². The molecule has 0 aromatic carbocycles. The Morgan fingerprint density at radius 3 is 1.97 bits per heavy atom. The van der Waals surface area contributed by atoms with Crippen molar-refractivity contribution in [3.63, 3.8) is 0 Å². The first-order valence-corrected chi connectivity index (χ1v) is 13.3. The Morgan fingerprint density at radius 2 is 1.51 bits per heavy atom. The molecule has 0 spiro atoms. The van der Waals surface area contributed by atoms with Gasteiger partial charge in [0.1, 0.15) is 38.3 Å².